The van der Waals surface area contributed by atoms with Crippen molar-refractivity contribution < 1.29 is 9.66 Å². The molecule has 1 aromatic carbocycles. The predicted octanol–water partition coefficient (Wildman–Crippen LogP) is 3.43. The van der Waals surface area contributed by atoms with Gasteiger partial charge >= 0.3 is 0 Å². The van der Waals surface area contributed by atoms with Crippen molar-refractivity contribution in [3.8, 4) is 0 Å². The summed E-state index contributed by atoms with van der Waals surface area (Å²) in [4.78, 5) is 10.3. The summed E-state index contributed by atoms with van der Waals surface area (Å²) >= 11 is 2.13. The zero-order valence-corrected chi connectivity index (χ0v) is 13.0. The van der Waals surface area contributed by atoms with Gasteiger partial charge in [0, 0.05) is 41.1 Å². The van der Waals surface area contributed by atoms with Crippen LogP contribution in [0.4, 0.5) is 11.4 Å². The Kier molecular flexibility index (Phi) is 4.62. The van der Waals surface area contributed by atoms with Crippen LogP contribution in [0.15, 0.2) is 18.2 Å². The SMILES string of the molecule is CC1(CNc2ccc([N+](=O)[O-])cc2I)CCOCC1. The molecule has 0 unspecified atom stereocenters. The van der Waals surface area contributed by atoms with Gasteiger partial charge in [0.1, 0.15) is 0 Å². The van der Waals surface area contributed by atoms with Crippen molar-refractivity contribution in [2.45, 2.75) is 19.8 Å². The van der Waals surface area contributed by atoms with Gasteiger partial charge in [-0.05, 0) is 46.9 Å². The van der Waals surface area contributed by atoms with Crippen molar-refractivity contribution in [1.82, 2.24) is 0 Å². The number of ether oxygens (including phenoxy) is 1. The number of rotatable bonds is 4. The minimum Gasteiger partial charge on any atom is -0.384 e. The number of benzene rings is 1. The van der Waals surface area contributed by atoms with Gasteiger partial charge < -0.3 is 10.1 Å². The Morgan fingerprint density at radius 3 is 2.74 bits per heavy atom. The highest BCUT2D eigenvalue weighted by atomic mass is 127. The van der Waals surface area contributed by atoms with Crippen LogP contribution >= 0.6 is 22.6 Å². The topological polar surface area (TPSA) is 64.4 Å². The Balaban J connectivity index is 2.01. The minimum absolute atomic E-state index is 0.132. The van der Waals surface area contributed by atoms with Crippen LogP contribution in [0.2, 0.25) is 0 Å². The van der Waals surface area contributed by atoms with Crippen LogP contribution in [0.3, 0.4) is 0 Å². The Morgan fingerprint density at radius 1 is 1.47 bits per heavy atom. The van der Waals surface area contributed by atoms with E-state index in [4.69, 9.17) is 4.74 Å². The number of nitrogens with one attached hydrogen (secondary N) is 1. The molecular weight excluding hydrogens is 359 g/mol. The number of anilines is 1. The molecule has 0 spiro atoms. The fourth-order valence-electron chi connectivity index (χ4n) is 2.11. The zero-order valence-electron chi connectivity index (χ0n) is 10.8. The quantitative estimate of drug-likeness (QED) is 0.497. The van der Waals surface area contributed by atoms with E-state index in [1.54, 1.807) is 12.1 Å². The molecule has 0 saturated carbocycles. The minimum atomic E-state index is -0.369. The first-order valence-corrected chi connectivity index (χ1v) is 7.34. The first-order chi connectivity index (χ1) is 9.00. The average Bonchev–Trinajstić information content (AvgIpc) is 2.38. The van der Waals surface area contributed by atoms with Crippen molar-refractivity contribution in [2.24, 2.45) is 5.41 Å². The van der Waals surface area contributed by atoms with E-state index in [-0.39, 0.29) is 16.0 Å². The third kappa shape index (κ3) is 3.79. The van der Waals surface area contributed by atoms with Crippen LogP contribution in [0.5, 0.6) is 0 Å². The third-order valence-electron chi connectivity index (χ3n) is 3.57. The van der Waals surface area contributed by atoms with Crippen LogP contribution in [-0.2, 0) is 4.74 Å². The molecule has 1 aliphatic rings. The third-order valence-corrected chi connectivity index (χ3v) is 4.46. The normalized spacial score (nSPS) is 18.0. The van der Waals surface area contributed by atoms with Crippen molar-refractivity contribution in [3.05, 3.63) is 31.9 Å². The second kappa shape index (κ2) is 6.04. The Bertz CT molecular complexity index is 473. The smallest absolute Gasteiger partial charge is 0.270 e. The molecule has 1 aromatic rings. The van der Waals surface area contributed by atoms with Crippen LogP contribution in [-0.4, -0.2) is 24.7 Å². The number of nitrogens with zero attached hydrogens (tertiary/aromatic N) is 1. The molecule has 0 radical (unpaired) electrons. The molecule has 19 heavy (non-hydrogen) atoms. The summed E-state index contributed by atoms with van der Waals surface area (Å²) in [6, 6.07) is 4.91. The fraction of sp³-hybridized carbons (Fsp3) is 0.538. The molecule has 104 valence electrons. The van der Waals surface area contributed by atoms with Gasteiger partial charge in [-0.3, -0.25) is 10.1 Å². The molecular formula is C13H17IN2O3. The van der Waals surface area contributed by atoms with Gasteiger partial charge in [0.15, 0.2) is 0 Å². The maximum Gasteiger partial charge on any atom is 0.270 e. The molecule has 0 aromatic heterocycles. The summed E-state index contributed by atoms with van der Waals surface area (Å²) < 4.78 is 6.26. The first kappa shape index (κ1) is 14.5. The van der Waals surface area contributed by atoms with Crippen LogP contribution < -0.4 is 5.32 Å². The number of halogens is 1. The number of nitro groups is 1. The second-order valence-corrected chi connectivity index (χ2v) is 6.36. The van der Waals surface area contributed by atoms with E-state index in [9.17, 15) is 10.1 Å². The molecule has 0 amide bonds. The van der Waals surface area contributed by atoms with E-state index in [2.05, 4.69) is 34.8 Å². The summed E-state index contributed by atoms with van der Waals surface area (Å²) in [7, 11) is 0. The molecule has 5 nitrogen and oxygen atoms in total. The molecule has 1 N–H and O–H groups in total. The Hall–Kier alpha value is -0.890. The lowest BCUT2D eigenvalue weighted by Gasteiger charge is -2.34. The van der Waals surface area contributed by atoms with Gasteiger partial charge in [-0.2, -0.15) is 0 Å². The van der Waals surface area contributed by atoms with E-state index in [0.717, 1.165) is 41.9 Å². The summed E-state index contributed by atoms with van der Waals surface area (Å²) in [5.74, 6) is 0. The summed E-state index contributed by atoms with van der Waals surface area (Å²) in [5.41, 5.74) is 1.33. The number of hydrogen-bond donors (Lipinski definition) is 1. The van der Waals surface area contributed by atoms with E-state index < -0.39 is 0 Å². The van der Waals surface area contributed by atoms with Crippen molar-refractivity contribution >= 4 is 34.0 Å². The standard InChI is InChI=1S/C13H17IN2O3/c1-13(4-6-19-7-5-13)9-15-12-3-2-10(16(17)18)8-11(12)14/h2-3,8,15H,4-7,9H2,1H3. The predicted molar refractivity (Wildman–Crippen MR) is 82.5 cm³/mol. The van der Waals surface area contributed by atoms with E-state index in [1.165, 1.54) is 6.07 Å². The molecule has 0 atom stereocenters. The second-order valence-electron chi connectivity index (χ2n) is 5.20. The molecule has 0 aliphatic carbocycles. The highest BCUT2D eigenvalue weighted by Crippen LogP contribution is 2.31. The molecule has 1 saturated heterocycles. The number of nitro benzene ring substituents is 1. The zero-order chi connectivity index (χ0) is 13.9. The monoisotopic (exact) mass is 376 g/mol. The molecule has 1 aliphatic heterocycles. The number of hydrogen-bond acceptors (Lipinski definition) is 4. The maximum atomic E-state index is 10.7. The van der Waals surface area contributed by atoms with Crippen molar-refractivity contribution in [1.29, 1.82) is 0 Å². The summed E-state index contributed by atoms with van der Waals surface area (Å²) in [6.07, 6.45) is 2.09. The lowest BCUT2D eigenvalue weighted by molar-refractivity contribution is -0.384. The Labute approximate surface area is 126 Å². The van der Waals surface area contributed by atoms with E-state index in [1.807, 2.05) is 0 Å². The molecule has 1 heterocycles. The van der Waals surface area contributed by atoms with E-state index >= 15 is 0 Å². The Morgan fingerprint density at radius 2 is 2.16 bits per heavy atom. The lowest BCUT2D eigenvalue weighted by Crippen LogP contribution is -2.33. The highest BCUT2D eigenvalue weighted by molar-refractivity contribution is 14.1. The van der Waals surface area contributed by atoms with Gasteiger partial charge in [-0.15, -0.1) is 0 Å². The van der Waals surface area contributed by atoms with Gasteiger partial charge in [0.05, 0.1) is 4.92 Å². The maximum absolute atomic E-state index is 10.7. The first-order valence-electron chi connectivity index (χ1n) is 6.26. The van der Waals surface area contributed by atoms with Gasteiger partial charge in [-0.25, -0.2) is 0 Å². The van der Waals surface area contributed by atoms with Crippen LogP contribution in [0.25, 0.3) is 0 Å². The van der Waals surface area contributed by atoms with Gasteiger partial charge in [0.25, 0.3) is 5.69 Å². The molecule has 6 heteroatoms. The van der Waals surface area contributed by atoms with E-state index in [0.29, 0.717) is 0 Å². The van der Waals surface area contributed by atoms with Crippen molar-refractivity contribution in [2.75, 3.05) is 25.1 Å². The highest BCUT2D eigenvalue weighted by Gasteiger charge is 2.27. The molecule has 1 fully saturated rings. The fourth-order valence-corrected chi connectivity index (χ4v) is 2.80. The lowest BCUT2D eigenvalue weighted by atomic mass is 9.82. The average molecular weight is 376 g/mol. The largest absolute Gasteiger partial charge is 0.384 e. The van der Waals surface area contributed by atoms with Crippen LogP contribution in [0.1, 0.15) is 19.8 Å². The van der Waals surface area contributed by atoms with Gasteiger partial charge in [0.2, 0.25) is 0 Å². The summed E-state index contributed by atoms with van der Waals surface area (Å²) in [5, 5.41) is 14.1. The van der Waals surface area contributed by atoms with Gasteiger partial charge in [-0.1, -0.05) is 6.92 Å². The molecule has 2 rings (SSSR count). The molecule has 0 bridgehead atoms. The van der Waals surface area contributed by atoms with Crippen molar-refractivity contribution in [3.63, 3.8) is 0 Å². The van der Waals surface area contributed by atoms with Crippen LogP contribution in [0, 0.1) is 19.1 Å². The number of non-ortho nitro benzene ring substituents is 1. The summed E-state index contributed by atoms with van der Waals surface area (Å²) in [6.45, 7) is 4.75.